The van der Waals surface area contributed by atoms with Gasteiger partial charge in [0.2, 0.25) is 0 Å². The van der Waals surface area contributed by atoms with E-state index in [1.807, 2.05) is 47.8 Å². The van der Waals surface area contributed by atoms with Crippen molar-refractivity contribution >= 4 is 43.9 Å². The molecule has 3 heterocycles. The molecule has 0 fully saturated rings. The number of benzene rings is 2. The van der Waals surface area contributed by atoms with Crippen molar-refractivity contribution in [3.8, 4) is 16.3 Å². The summed E-state index contributed by atoms with van der Waals surface area (Å²) in [7, 11) is 0. The zero-order valence-corrected chi connectivity index (χ0v) is 16.5. The molecule has 0 saturated carbocycles. The topological polar surface area (TPSA) is 59.8 Å². The minimum absolute atomic E-state index is 0.330. The van der Waals surface area contributed by atoms with Crippen LogP contribution < -0.4 is 5.32 Å². The van der Waals surface area contributed by atoms with Gasteiger partial charge in [-0.1, -0.05) is 35.6 Å². The van der Waals surface area contributed by atoms with Crippen LogP contribution in [0, 0.1) is 5.82 Å². The molecule has 8 heteroatoms. The Morgan fingerprint density at radius 2 is 1.90 bits per heavy atom. The molecule has 0 unspecified atom stereocenters. The van der Waals surface area contributed by atoms with Gasteiger partial charge >= 0.3 is 0 Å². The van der Waals surface area contributed by atoms with Crippen LogP contribution in [0.3, 0.4) is 0 Å². The van der Waals surface area contributed by atoms with E-state index in [0.717, 1.165) is 16.3 Å². The summed E-state index contributed by atoms with van der Waals surface area (Å²) in [5.41, 5.74) is 2.54. The van der Waals surface area contributed by atoms with Crippen LogP contribution in [0.1, 0.15) is 10.5 Å². The molecule has 2 aromatic carbocycles. The number of hydrogen-bond acceptors (Lipinski definition) is 5. The van der Waals surface area contributed by atoms with Crippen LogP contribution >= 0.6 is 22.7 Å². The maximum Gasteiger partial charge on any atom is 0.276 e. The van der Waals surface area contributed by atoms with Crippen LogP contribution in [0.5, 0.6) is 0 Å². The molecule has 142 valence electrons. The van der Waals surface area contributed by atoms with Gasteiger partial charge < -0.3 is 0 Å². The normalized spacial score (nSPS) is 11.1. The van der Waals surface area contributed by atoms with Gasteiger partial charge in [0.1, 0.15) is 17.2 Å². The van der Waals surface area contributed by atoms with Crippen molar-refractivity contribution in [1.82, 2.24) is 14.8 Å². The first-order valence-electron chi connectivity index (χ1n) is 8.74. The van der Waals surface area contributed by atoms with Gasteiger partial charge in [0.15, 0.2) is 5.13 Å². The molecule has 0 bridgehead atoms. The lowest BCUT2D eigenvalue weighted by atomic mass is 10.3. The van der Waals surface area contributed by atoms with Gasteiger partial charge in [-0.25, -0.2) is 14.1 Å². The highest BCUT2D eigenvalue weighted by Crippen LogP contribution is 2.29. The lowest BCUT2D eigenvalue weighted by molar-refractivity contribution is 0.101. The van der Waals surface area contributed by atoms with Crippen molar-refractivity contribution in [2.45, 2.75) is 0 Å². The quantitative estimate of drug-likeness (QED) is 0.412. The van der Waals surface area contributed by atoms with E-state index in [9.17, 15) is 9.18 Å². The zero-order chi connectivity index (χ0) is 19.8. The Labute approximate surface area is 173 Å². The van der Waals surface area contributed by atoms with E-state index in [-0.39, 0.29) is 11.7 Å². The smallest absolute Gasteiger partial charge is 0.276 e. The Kier molecular flexibility index (Phi) is 4.42. The number of fused-ring (bicyclic) bond motifs is 1. The Hall–Kier alpha value is -3.36. The van der Waals surface area contributed by atoms with Crippen LogP contribution in [0.4, 0.5) is 9.52 Å². The van der Waals surface area contributed by atoms with Gasteiger partial charge in [-0.3, -0.25) is 10.1 Å². The number of amides is 1. The Morgan fingerprint density at radius 3 is 2.69 bits per heavy atom. The minimum Gasteiger partial charge on any atom is -0.296 e. The molecule has 1 N–H and O–H groups in total. The van der Waals surface area contributed by atoms with Gasteiger partial charge in [-0.15, -0.1) is 11.3 Å². The third-order valence-electron chi connectivity index (χ3n) is 4.29. The van der Waals surface area contributed by atoms with Crippen molar-refractivity contribution < 1.29 is 9.18 Å². The molecule has 5 rings (SSSR count). The average Bonchev–Trinajstić information content (AvgIpc) is 3.47. The molecule has 29 heavy (non-hydrogen) atoms. The fraction of sp³-hybridized carbons (Fsp3) is 0. The fourth-order valence-corrected chi connectivity index (χ4v) is 4.53. The van der Waals surface area contributed by atoms with E-state index in [2.05, 4.69) is 15.4 Å². The number of carbonyl (C=O) groups is 1. The number of para-hydroxylation sites is 1. The first kappa shape index (κ1) is 17.7. The van der Waals surface area contributed by atoms with Crippen molar-refractivity contribution in [1.29, 1.82) is 0 Å². The molecular weight excluding hydrogens is 407 g/mol. The molecule has 0 spiro atoms. The number of halogens is 1. The lowest BCUT2D eigenvalue weighted by Gasteiger charge is -2.06. The van der Waals surface area contributed by atoms with Crippen molar-refractivity contribution in [2.75, 3.05) is 5.32 Å². The molecule has 3 aromatic heterocycles. The summed E-state index contributed by atoms with van der Waals surface area (Å²) in [5.74, 6) is -0.662. The number of thiazole rings is 1. The number of anilines is 1. The van der Waals surface area contributed by atoms with Crippen LogP contribution in [-0.4, -0.2) is 20.7 Å². The SMILES string of the molecule is O=C(Nc1nc2ccc(F)cc2s1)c1cc(-c2cccs2)nn1-c1ccccc1. The molecule has 0 radical (unpaired) electrons. The summed E-state index contributed by atoms with van der Waals surface area (Å²) in [4.78, 5) is 18.4. The van der Waals surface area contributed by atoms with E-state index in [1.165, 1.54) is 23.5 Å². The molecule has 0 atom stereocenters. The number of aromatic nitrogens is 3. The highest BCUT2D eigenvalue weighted by molar-refractivity contribution is 7.22. The summed E-state index contributed by atoms with van der Waals surface area (Å²) in [6, 6.07) is 19.5. The number of thiophene rings is 1. The molecule has 1 amide bonds. The second-order valence-corrected chi connectivity index (χ2v) is 8.20. The second kappa shape index (κ2) is 7.23. The van der Waals surface area contributed by atoms with E-state index >= 15 is 0 Å². The summed E-state index contributed by atoms with van der Waals surface area (Å²) in [6.07, 6.45) is 0. The largest absolute Gasteiger partial charge is 0.296 e. The van der Waals surface area contributed by atoms with Crippen LogP contribution in [0.2, 0.25) is 0 Å². The van der Waals surface area contributed by atoms with Crippen molar-refractivity contribution in [3.05, 3.63) is 83.6 Å². The number of nitrogens with one attached hydrogen (secondary N) is 1. The van der Waals surface area contributed by atoms with E-state index in [1.54, 1.807) is 28.2 Å². The molecule has 0 saturated heterocycles. The van der Waals surface area contributed by atoms with Crippen molar-refractivity contribution in [3.63, 3.8) is 0 Å². The fourth-order valence-electron chi connectivity index (χ4n) is 2.97. The van der Waals surface area contributed by atoms with E-state index < -0.39 is 0 Å². The summed E-state index contributed by atoms with van der Waals surface area (Å²) >= 11 is 2.79. The maximum atomic E-state index is 13.4. The van der Waals surface area contributed by atoms with Gasteiger partial charge in [-0.2, -0.15) is 5.10 Å². The monoisotopic (exact) mass is 420 g/mol. The standard InChI is InChI=1S/C21H13FN4OS2/c22-13-8-9-15-19(11-13)29-21(23-15)24-20(27)17-12-16(18-7-4-10-28-18)25-26(17)14-5-2-1-3-6-14/h1-12H,(H,23,24,27). The minimum atomic E-state index is -0.332. The van der Waals surface area contributed by atoms with Crippen LogP contribution in [-0.2, 0) is 0 Å². The molecule has 0 aliphatic rings. The van der Waals surface area contributed by atoms with Gasteiger partial charge in [0.25, 0.3) is 5.91 Å². The lowest BCUT2D eigenvalue weighted by Crippen LogP contribution is -2.16. The predicted octanol–water partition coefficient (Wildman–Crippen LogP) is 5.60. The van der Waals surface area contributed by atoms with E-state index in [4.69, 9.17) is 0 Å². The highest BCUT2D eigenvalue weighted by atomic mass is 32.1. The third kappa shape index (κ3) is 3.43. The molecule has 5 aromatic rings. The van der Waals surface area contributed by atoms with Gasteiger partial charge in [0.05, 0.1) is 20.8 Å². The zero-order valence-electron chi connectivity index (χ0n) is 14.9. The Balaban J connectivity index is 1.53. The van der Waals surface area contributed by atoms with Crippen LogP contribution in [0.25, 0.3) is 26.5 Å². The number of rotatable bonds is 4. The molecule has 0 aliphatic heterocycles. The average molecular weight is 420 g/mol. The van der Waals surface area contributed by atoms with Crippen LogP contribution in [0.15, 0.2) is 72.1 Å². The predicted molar refractivity (Wildman–Crippen MR) is 114 cm³/mol. The first-order chi connectivity index (χ1) is 14.2. The summed E-state index contributed by atoms with van der Waals surface area (Å²) in [6.45, 7) is 0. The Bertz CT molecular complexity index is 1310. The number of nitrogens with zero attached hydrogens (tertiary/aromatic N) is 3. The summed E-state index contributed by atoms with van der Waals surface area (Å²) in [5, 5.41) is 9.84. The number of carbonyl (C=O) groups excluding carboxylic acids is 1. The maximum absolute atomic E-state index is 13.4. The first-order valence-corrected chi connectivity index (χ1v) is 10.4. The Morgan fingerprint density at radius 1 is 1.03 bits per heavy atom. The molecule has 0 aliphatic carbocycles. The molecule has 5 nitrogen and oxygen atoms in total. The number of hydrogen-bond donors (Lipinski definition) is 1. The van der Waals surface area contributed by atoms with Crippen molar-refractivity contribution in [2.24, 2.45) is 0 Å². The molecular formula is C21H13FN4OS2. The van der Waals surface area contributed by atoms with E-state index in [0.29, 0.717) is 21.0 Å². The highest BCUT2D eigenvalue weighted by Gasteiger charge is 2.19. The second-order valence-electron chi connectivity index (χ2n) is 6.22. The third-order valence-corrected chi connectivity index (χ3v) is 6.11. The van der Waals surface area contributed by atoms with Gasteiger partial charge in [0, 0.05) is 0 Å². The summed E-state index contributed by atoms with van der Waals surface area (Å²) < 4.78 is 15.7. The van der Waals surface area contributed by atoms with Gasteiger partial charge in [-0.05, 0) is 47.8 Å².